The van der Waals surface area contributed by atoms with Crippen LogP contribution < -0.4 is 10.6 Å². The number of guanidine groups is 1. The van der Waals surface area contributed by atoms with Crippen LogP contribution in [0.4, 0.5) is 13.2 Å². The van der Waals surface area contributed by atoms with E-state index in [1.807, 2.05) is 6.92 Å². The lowest BCUT2D eigenvalue weighted by Gasteiger charge is -2.15. The van der Waals surface area contributed by atoms with Crippen LogP contribution in [0.5, 0.6) is 0 Å². The molecule has 21 heavy (non-hydrogen) atoms. The minimum atomic E-state index is -4.29. The smallest absolute Gasteiger partial charge is 0.359 e. The van der Waals surface area contributed by atoms with Crippen LogP contribution in [0, 0.1) is 0 Å². The Labute approximate surface area is 140 Å². The molecule has 3 nitrogen and oxygen atoms in total. The van der Waals surface area contributed by atoms with Gasteiger partial charge < -0.3 is 10.6 Å². The van der Waals surface area contributed by atoms with Gasteiger partial charge in [-0.3, -0.25) is 4.99 Å². The topological polar surface area (TPSA) is 36.4 Å². The molecule has 0 fully saturated rings. The van der Waals surface area contributed by atoms with E-state index in [2.05, 4.69) is 15.6 Å². The molecule has 0 heterocycles. The Balaban J connectivity index is 0.00000400. The molecule has 0 spiro atoms. The molecular weight excluding hydrogens is 394 g/mol. The number of benzene rings is 1. The van der Waals surface area contributed by atoms with Crippen LogP contribution in [0.25, 0.3) is 0 Å². The summed E-state index contributed by atoms with van der Waals surface area (Å²) in [5.41, 5.74) is 0.0990. The monoisotopic (exact) mass is 415 g/mol. The number of hydrogen-bond acceptors (Lipinski definition) is 1. The normalized spacial score (nSPS) is 13.3. The third-order valence-electron chi connectivity index (χ3n) is 3.11. The van der Waals surface area contributed by atoms with Crippen molar-refractivity contribution in [3.05, 3.63) is 35.4 Å². The molecule has 1 unspecified atom stereocenters. The van der Waals surface area contributed by atoms with Gasteiger partial charge in [0.25, 0.3) is 0 Å². The van der Waals surface area contributed by atoms with Gasteiger partial charge in [-0.05, 0) is 24.0 Å². The fourth-order valence-corrected chi connectivity index (χ4v) is 1.87. The molecule has 0 saturated heterocycles. The summed E-state index contributed by atoms with van der Waals surface area (Å²) in [6.07, 6.45) is -3.57. The molecule has 0 aliphatic rings. The predicted molar refractivity (Wildman–Crippen MR) is 90.3 cm³/mol. The van der Waals surface area contributed by atoms with Crippen LogP contribution in [0.3, 0.4) is 0 Å². The van der Waals surface area contributed by atoms with Gasteiger partial charge in [-0.1, -0.05) is 25.1 Å². The first-order chi connectivity index (χ1) is 9.38. The van der Waals surface area contributed by atoms with Crippen molar-refractivity contribution < 1.29 is 13.2 Å². The molecule has 0 bridgehead atoms. The van der Waals surface area contributed by atoms with Gasteiger partial charge >= 0.3 is 6.18 Å². The molecule has 0 aliphatic carbocycles. The lowest BCUT2D eigenvalue weighted by Crippen LogP contribution is -2.35. The van der Waals surface area contributed by atoms with Crippen molar-refractivity contribution in [1.82, 2.24) is 10.6 Å². The molecule has 0 radical (unpaired) electrons. The first-order valence-corrected chi connectivity index (χ1v) is 6.44. The molecule has 2 N–H and O–H groups in total. The molecule has 1 aromatic rings. The summed E-state index contributed by atoms with van der Waals surface area (Å²) in [6, 6.07) is 5.50. The van der Waals surface area contributed by atoms with E-state index >= 15 is 0 Å². The summed E-state index contributed by atoms with van der Waals surface area (Å²) in [6.45, 7) is 2.56. The lowest BCUT2D eigenvalue weighted by molar-refractivity contribution is -0.137. The molecule has 0 amide bonds. The largest absolute Gasteiger partial charge is 0.416 e. The third-order valence-corrected chi connectivity index (χ3v) is 3.11. The van der Waals surface area contributed by atoms with Crippen molar-refractivity contribution in [3.63, 3.8) is 0 Å². The fraction of sp³-hybridized carbons (Fsp3) is 0.500. The molecule has 120 valence electrons. The lowest BCUT2D eigenvalue weighted by atomic mass is 9.96. The van der Waals surface area contributed by atoms with Crippen molar-refractivity contribution in [3.8, 4) is 0 Å². The third kappa shape index (κ3) is 6.54. The number of alkyl halides is 3. The second-order valence-electron chi connectivity index (χ2n) is 4.56. The fourth-order valence-electron chi connectivity index (χ4n) is 1.87. The molecule has 1 aromatic carbocycles. The van der Waals surface area contributed by atoms with Crippen LogP contribution in [0.1, 0.15) is 30.4 Å². The van der Waals surface area contributed by atoms with E-state index in [4.69, 9.17) is 0 Å². The standard InChI is InChI=1S/C14H20F3N3.HI/c1-10(7-8-20-13(18-2)19-3)11-5-4-6-12(9-11)14(15,16)17;/h4-6,9-10H,7-8H2,1-3H3,(H2,18,19,20);1H. The van der Waals surface area contributed by atoms with Crippen LogP contribution >= 0.6 is 24.0 Å². The van der Waals surface area contributed by atoms with E-state index in [1.54, 1.807) is 20.2 Å². The van der Waals surface area contributed by atoms with E-state index in [0.717, 1.165) is 12.5 Å². The number of rotatable bonds is 4. The maximum Gasteiger partial charge on any atom is 0.416 e. The summed E-state index contributed by atoms with van der Waals surface area (Å²) in [5, 5.41) is 5.97. The summed E-state index contributed by atoms with van der Waals surface area (Å²) >= 11 is 0. The van der Waals surface area contributed by atoms with Gasteiger partial charge in [0.2, 0.25) is 0 Å². The van der Waals surface area contributed by atoms with E-state index in [-0.39, 0.29) is 29.9 Å². The number of aliphatic imine (C=N–C) groups is 1. The van der Waals surface area contributed by atoms with Crippen LogP contribution in [-0.4, -0.2) is 26.6 Å². The second-order valence-corrected chi connectivity index (χ2v) is 4.56. The van der Waals surface area contributed by atoms with Crippen LogP contribution in [0.15, 0.2) is 29.3 Å². The minimum absolute atomic E-state index is 0. The molecule has 1 atom stereocenters. The number of halogens is 4. The first kappa shape index (κ1) is 20.0. The van der Waals surface area contributed by atoms with E-state index in [9.17, 15) is 13.2 Å². The molecule has 0 aromatic heterocycles. The van der Waals surface area contributed by atoms with Gasteiger partial charge in [-0.15, -0.1) is 24.0 Å². The zero-order valence-corrected chi connectivity index (χ0v) is 14.6. The highest BCUT2D eigenvalue weighted by Gasteiger charge is 2.30. The highest BCUT2D eigenvalue weighted by Crippen LogP contribution is 2.31. The molecule has 1 rings (SSSR count). The Bertz CT molecular complexity index is 461. The van der Waals surface area contributed by atoms with Gasteiger partial charge in [0.15, 0.2) is 5.96 Å². The van der Waals surface area contributed by atoms with E-state index in [0.29, 0.717) is 18.1 Å². The Kier molecular flexibility index (Phi) is 8.68. The molecular formula is C14H21F3IN3. The maximum atomic E-state index is 12.6. The number of hydrogen-bond donors (Lipinski definition) is 2. The molecule has 0 saturated carbocycles. The number of nitrogens with zero attached hydrogens (tertiary/aromatic N) is 1. The average Bonchev–Trinajstić information content (AvgIpc) is 2.42. The molecule has 0 aliphatic heterocycles. The maximum absolute atomic E-state index is 12.6. The first-order valence-electron chi connectivity index (χ1n) is 6.44. The van der Waals surface area contributed by atoms with Gasteiger partial charge in [-0.2, -0.15) is 13.2 Å². The second kappa shape index (κ2) is 9.11. The van der Waals surface area contributed by atoms with Gasteiger partial charge in [0.05, 0.1) is 5.56 Å². The van der Waals surface area contributed by atoms with Crippen LogP contribution in [0.2, 0.25) is 0 Å². The highest BCUT2D eigenvalue weighted by atomic mass is 127. The molecule has 7 heteroatoms. The minimum Gasteiger partial charge on any atom is -0.359 e. The zero-order valence-electron chi connectivity index (χ0n) is 12.3. The Morgan fingerprint density at radius 2 is 2.00 bits per heavy atom. The van der Waals surface area contributed by atoms with Gasteiger partial charge in [0.1, 0.15) is 0 Å². The quantitative estimate of drug-likeness (QED) is 0.448. The zero-order chi connectivity index (χ0) is 15.2. The van der Waals surface area contributed by atoms with Crippen molar-refractivity contribution in [2.45, 2.75) is 25.4 Å². The average molecular weight is 415 g/mol. The SMILES string of the molecule is CN=C(NC)NCCC(C)c1cccc(C(F)(F)F)c1.I. The summed E-state index contributed by atoms with van der Waals surface area (Å²) in [7, 11) is 3.42. The van der Waals surface area contributed by atoms with Crippen LogP contribution in [-0.2, 0) is 6.18 Å². The van der Waals surface area contributed by atoms with Gasteiger partial charge in [-0.25, -0.2) is 0 Å². The summed E-state index contributed by atoms with van der Waals surface area (Å²) in [5.74, 6) is 0.709. The highest BCUT2D eigenvalue weighted by molar-refractivity contribution is 14.0. The van der Waals surface area contributed by atoms with Crippen molar-refractivity contribution >= 4 is 29.9 Å². The van der Waals surface area contributed by atoms with E-state index < -0.39 is 11.7 Å². The van der Waals surface area contributed by atoms with Crippen molar-refractivity contribution in [2.75, 3.05) is 20.6 Å². The summed E-state index contributed by atoms with van der Waals surface area (Å²) in [4.78, 5) is 3.97. The predicted octanol–water partition coefficient (Wildman–Crippen LogP) is 3.61. The number of nitrogens with one attached hydrogen (secondary N) is 2. The summed E-state index contributed by atoms with van der Waals surface area (Å²) < 4.78 is 37.9. The Morgan fingerprint density at radius 3 is 2.52 bits per heavy atom. The van der Waals surface area contributed by atoms with Gasteiger partial charge in [0, 0.05) is 20.6 Å². The van der Waals surface area contributed by atoms with Crippen molar-refractivity contribution in [2.24, 2.45) is 4.99 Å². The van der Waals surface area contributed by atoms with Crippen molar-refractivity contribution in [1.29, 1.82) is 0 Å². The Hall–Kier alpha value is -0.990. The Morgan fingerprint density at radius 1 is 1.33 bits per heavy atom. The van der Waals surface area contributed by atoms with E-state index in [1.165, 1.54) is 12.1 Å².